The van der Waals surface area contributed by atoms with Gasteiger partial charge in [-0.2, -0.15) is 0 Å². The second-order valence-corrected chi connectivity index (χ2v) is 12.5. The maximum Gasteiger partial charge on any atom is 0.159 e. The summed E-state index contributed by atoms with van der Waals surface area (Å²) in [5.41, 5.74) is 11.3. The molecule has 0 spiro atoms. The highest BCUT2D eigenvalue weighted by atomic mass is 16.3. The fourth-order valence-electron chi connectivity index (χ4n) is 7.28. The van der Waals surface area contributed by atoms with Gasteiger partial charge in [-0.25, -0.2) is 0 Å². The van der Waals surface area contributed by atoms with Gasteiger partial charge in [-0.1, -0.05) is 121 Å². The summed E-state index contributed by atoms with van der Waals surface area (Å²) in [4.78, 5) is 2.30. The van der Waals surface area contributed by atoms with Crippen molar-refractivity contribution in [2.45, 2.75) is 0 Å². The van der Waals surface area contributed by atoms with Crippen LogP contribution in [0.5, 0.6) is 0 Å². The van der Waals surface area contributed by atoms with Crippen molar-refractivity contribution in [1.29, 1.82) is 0 Å². The minimum atomic E-state index is 0.852. The van der Waals surface area contributed by atoms with E-state index in [-0.39, 0.29) is 0 Å². The summed E-state index contributed by atoms with van der Waals surface area (Å²) in [7, 11) is 0. The average molecular weight is 628 g/mol. The van der Waals surface area contributed by atoms with Crippen molar-refractivity contribution in [2.24, 2.45) is 0 Å². The molecule has 0 aliphatic heterocycles. The standard InChI is InChI=1S/C46H29NO2/c1-2-10-30(11-3-1)33-13-8-14-34(28-33)31-20-23-35(24-21-31)47(36-25-27-44-41(29-36)38-16-6-7-19-43(38)48-44)42-18-9-17-39-40-26-22-32-12-4-5-15-37(32)45(40)49-46(39)42/h1-29H. The normalized spacial score (nSPS) is 11.7. The largest absolute Gasteiger partial charge is 0.456 e. The van der Waals surface area contributed by atoms with Gasteiger partial charge in [-0.15, -0.1) is 0 Å². The monoisotopic (exact) mass is 627 g/mol. The number of benzene rings is 8. The highest BCUT2D eigenvalue weighted by Crippen LogP contribution is 2.45. The second-order valence-electron chi connectivity index (χ2n) is 12.5. The summed E-state index contributed by atoms with van der Waals surface area (Å²) >= 11 is 0. The van der Waals surface area contributed by atoms with Gasteiger partial charge in [0, 0.05) is 38.3 Å². The highest BCUT2D eigenvalue weighted by Gasteiger charge is 2.21. The number of hydrogen-bond acceptors (Lipinski definition) is 3. The summed E-state index contributed by atoms with van der Waals surface area (Å²) in [6.07, 6.45) is 0. The van der Waals surface area contributed by atoms with Crippen LogP contribution in [0.15, 0.2) is 185 Å². The Labute approximate surface area is 282 Å². The Hall–Kier alpha value is -6.58. The minimum absolute atomic E-state index is 0.852. The maximum absolute atomic E-state index is 6.85. The van der Waals surface area contributed by atoms with E-state index in [1.54, 1.807) is 0 Å². The van der Waals surface area contributed by atoms with Gasteiger partial charge in [0.1, 0.15) is 16.7 Å². The quantitative estimate of drug-likeness (QED) is 0.190. The number of furan rings is 2. The van der Waals surface area contributed by atoms with Crippen LogP contribution in [-0.4, -0.2) is 0 Å². The molecule has 0 aliphatic carbocycles. The van der Waals surface area contributed by atoms with E-state index in [1.165, 1.54) is 16.7 Å². The van der Waals surface area contributed by atoms with Crippen LogP contribution in [0.4, 0.5) is 17.1 Å². The Morgan fingerprint density at radius 1 is 0.327 bits per heavy atom. The summed E-state index contributed by atoms with van der Waals surface area (Å²) < 4.78 is 13.1. The molecule has 0 saturated carbocycles. The fourth-order valence-corrected chi connectivity index (χ4v) is 7.28. The second kappa shape index (κ2) is 11.0. The van der Waals surface area contributed by atoms with E-state index in [1.807, 2.05) is 12.1 Å². The number of fused-ring (bicyclic) bond motifs is 8. The van der Waals surface area contributed by atoms with Crippen molar-refractivity contribution in [3.8, 4) is 22.3 Å². The van der Waals surface area contributed by atoms with Crippen molar-refractivity contribution in [3.63, 3.8) is 0 Å². The first kappa shape index (κ1) is 27.5. The van der Waals surface area contributed by atoms with Gasteiger partial charge in [-0.3, -0.25) is 0 Å². The Morgan fingerprint density at radius 2 is 0.959 bits per heavy atom. The molecule has 0 fully saturated rings. The molecule has 8 aromatic carbocycles. The Morgan fingerprint density at radius 3 is 1.82 bits per heavy atom. The van der Waals surface area contributed by atoms with Gasteiger partial charge >= 0.3 is 0 Å². The lowest BCUT2D eigenvalue weighted by Crippen LogP contribution is -2.10. The van der Waals surface area contributed by atoms with E-state index in [9.17, 15) is 0 Å². The Balaban J connectivity index is 1.16. The molecule has 0 aliphatic rings. The smallest absolute Gasteiger partial charge is 0.159 e. The number of hydrogen-bond donors (Lipinski definition) is 0. The van der Waals surface area contributed by atoms with Crippen molar-refractivity contribution in [1.82, 2.24) is 0 Å². The van der Waals surface area contributed by atoms with Crippen LogP contribution in [0, 0.1) is 0 Å². The van der Waals surface area contributed by atoms with Crippen molar-refractivity contribution in [2.75, 3.05) is 4.90 Å². The molecule has 230 valence electrons. The molecular formula is C46H29NO2. The SMILES string of the molecule is c1ccc(-c2cccc(-c3ccc(N(c4ccc5oc6ccccc6c5c4)c4cccc5c4oc4c6ccccc6ccc54)cc3)c2)cc1. The third-order valence-corrected chi connectivity index (χ3v) is 9.66. The van der Waals surface area contributed by atoms with Crippen LogP contribution in [0.3, 0.4) is 0 Å². The Bertz CT molecular complexity index is 2830. The third-order valence-electron chi connectivity index (χ3n) is 9.66. The molecular weight excluding hydrogens is 599 g/mol. The van der Waals surface area contributed by atoms with Gasteiger partial charge < -0.3 is 13.7 Å². The zero-order valence-electron chi connectivity index (χ0n) is 26.5. The molecule has 10 aromatic rings. The van der Waals surface area contributed by atoms with Crippen molar-refractivity contribution in [3.05, 3.63) is 176 Å². The maximum atomic E-state index is 6.85. The molecule has 0 N–H and O–H groups in total. The lowest BCUT2D eigenvalue weighted by Gasteiger charge is -2.26. The lowest BCUT2D eigenvalue weighted by molar-refractivity contribution is 0.669. The topological polar surface area (TPSA) is 29.5 Å². The van der Waals surface area contributed by atoms with E-state index in [0.717, 1.165) is 77.3 Å². The summed E-state index contributed by atoms with van der Waals surface area (Å²) in [6.45, 7) is 0. The predicted octanol–water partition coefficient (Wildman–Crippen LogP) is 13.4. The molecule has 3 heteroatoms. The number of para-hydroxylation sites is 2. The fraction of sp³-hybridized carbons (Fsp3) is 0. The highest BCUT2D eigenvalue weighted by molar-refractivity contribution is 6.17. The first-order chi connectivity index (χ1) is 24.3. The summed E-state index contributed by atoms with van der Waals surface area (Å²) in [5.74, 6) is 0. The molecule has 0 unspecified atom stereocenters. The van der Waals surface area contributed by atoms with Crippen LogP contribution in [0.1, 0.15) is 0 Å². The average Bonchev–Trinajstić information content (AvgIpc) is 3.75. The molecule has 0 radical (unpaired) electrons. The first-order valence-electron chi connectivity index (χ1n) is 16.6. The predicted molar refractivity (Wildman–Crippen MR) is 204 cm³/mol. The first-order valence-corrected chi connectivity index (χ1v) is 16.6. The van der Waals surface area contributed by atoms with Crippen LogP contribution < -0.4 is 4.90 Å². The summed E-state index contributed by atoms with van der Waals surface area (Å²) in [5, 5.41) is 6.66. The minimum Gasteiger partial charge on any atom is -0.456 e. The van der Waals surface area contributed by atoms with E-state index < -0.39 is 0 Å². The van der Waals surface area contributed by atoms with Crippen LogP contribution in [0.2, 0.25) is 0 Å². The molecule has 2 aromatic heterocycles. The van der Waals surface area contributed by atoms with Gasteiger partial charge in [0.05, 0.1) is 5.69 Å². The molecule has 49 heavy (non-hydrogen) atoms. The molecule has 0 atom stereocenters. The lowest BCUT2D eigenvalue weighted by atomic mass is 9.99. The molecule has 0 bridgehead atoms. The molecule has 10 rings (SSSR count). The van der Waals surface area contributed by atoms with E-state index in [0.29, 0.717) is 0 Å². The van der Waals surface area contributed by atoms with Crippen LogP contribution in [-0.2, 0) is 0 Å². The van der Waals surface area contributed by atoms with Gasteiger partial charge in [-0.05, 0) is 82.2 Å². The van der Waals surface area contributed by atoms with Gasteiger partial charge in [0.15, 0.2) is 5.58 Å². The molecule has 3 nitrogen and oxygen atoms in total. The van der Waals surface area contributed by atoms with E-state index in [4.69, 9.17) is 8.83 Å². The third kappa shape index (κ3) is 4.51. The molecule has 0 amide bonds. The zero-order valence-corrected chi connectivity index (χ0v) is 26.5. The van der Waals surface area contributed by atoms with Gasteiger partial charge in [0.25, 0.3) is 0 Å². The van der Waals surface area contributed by atoms with E-state index in [2.05, 4.69) is 169 Å². The summed E-state index contributed by atoms with van der Waals surface area (Å²) in [6, 6.07) is 62.0. The van der Waals surface area contributed by atoms with Crippen LogP contribution in [0.25, 0.3) is 76.9 Å². The molecule has 0 saturated heterocycles. The van der Waals surface area contributed by atoms with Crippen molar-refractivity contribution < 1.29 is 8.83 Å². The van der Waals surface area contributed by atoms with Crippen LogP contribution >= 0.6 is 0 Å². The van der Waals surface area contributed by atoms with Gasteiger partial charge in [0.2, 0.25) is 0 Å². The Kier molecular flexibility index (Phi) is 6.18. The zero-order chi connectivity index (χ0) is 32.3. The number of rotatable bonds is 5. The number of anilines is 3. The number of nitrogens with zero attached hydrogens (tertiary/aromatic N) is 1. The van der Waals surface area contributed by atoms with E-state index >= 15 is 0 Å². The molecule has 2 heterocycles. The van der Waals surface area contributed by atoms with Crippen molar-refractivity contribution >= 4 is 71.7 Å².